The first-order valence-electron chi connectivity index (χ1n) is 4.62. The Bertz CT molecular complexity index is 465. The first kappa shape index (κ1) is 10.1. The van der Waals surface area contributed by atoms with Crippen LogP contribution in [0.1, 0.15) is 26.6 Å². The second-order valence-electron chi connectivity index (χ2n) is 4.34. The van der Waals surface area contributed by atoms with Crippen LogP contribution in [0.2, 0.25) is 0 Å². The molecule has 6 heteroatoms. The predicted octanol–water partition coefficient (Wildman–Crippen LogP) is 1.60. The number of nitrogens with zero attached hydrogens (tertiary/aromatic N) is 4. The van der Waals surface area contributed by atoms with Crippen molar-refractivity contribution in [3.05, 3.63) is 18.1 Å². The molecule has 0 radical (unpaired) electrons. The van der Waals surface area contributed by atoms with Gasteiger partial charge in [-0.1, -0.05) is 20.8 Å². The summed E-state index contributed by atoms with van der Waals surface area (Å²) in [4.78, 5) is 4.42. The number of hydrogen-bond donors (Lipinski definition) is 1. The van der Waals surface area contributed by atoms with E-state index in [0.29, 0.717) is 5.82 Å². The lowest BCUT2D eigenvalue weighted by atomic mass is 9.96. The van der Waals surface area contributed by atoms with Crippen molar-refractivity contribution < 1.29 is 0 Å². The Kier molecular flexibility index (Phi) is 2.22. The number of rotatable bonds is 1. The van der Waals surface area contributed by atoms with Crippen LogP contribution < -0.4 is 5.73 Å². The summed E-state index contributed by atoms with van der Waals surface area (Å²) in [6, 6.07) is 1.73. The van der Waals surface area contributed by atoms with Crippen molar-refractivity contribution >= 4 is 17.4 Å². The zero-order valence-electron chi connectivity index (χ0n) is 8.93. The van der Waals surface area contributed by atoms with Gasteiger partial charge in [-0.3, -0.25) is 0 Å². The van der Waals surface area contributed by atoms with E-state index in [4.69, 9.17) is 5.73 Å². The van der Waals surface area contributed by atoms with Crippen LogP contribution in [0, 0.1) is 0 Å². The predicted molar refractivity (Wildman–Crippen MR) is 60.1 cm³/mol. The molecule has 0 spiro atoms. The molecule has 0 saturated heterocycles. The fourth-order valence-corrected chi connectivity index (χ4v) is 1.85. The molecule has 2 N–H and O–H groups in total. The molecule has 2 rings (SSSR count). The van der Waals surface area contributed by atoms with Crippen LogP contribution in [0.15, 0.2) is 12.3 Å². The van der Waals surface area contributed by atoms with E-state index < -0.39 is 0 Å². The topological polar surface area (TPSA) is 69.6 Å². The van der Waals surface area contributed by atoms with Crippen LogP contribution >= 0.6 is 11.5 Å². The average molecular weight is 223 g/mol. The standard InChI is InChI=1S/C9H13N5S/c1-9(2,3)7-11-8(15-13-7)14-5-4-6(10)12-14/h4-5H,1-3H3,(H2,10,12). The van der Waals surface area contributed by atoms with Crippen LogP contribution in [-0.4, -0.2) is 19.1 Å². The second-order valence-corrected chi connectivity index (χ2v) is 5.07. The zero-order valence-corrected chi connectivity index (χ0v) is 9.75. The highest BCUT2D eigenvalue weighted by Gasteiger charge is 2.20. The molecular weight excluding hydrogens is 210 g/mol. The number of hydrogen-bond acceptors (Lipinski definition) is 5. The molecule has 0 fully saturated rings. The Labute approximate surface area is 92.1 Å². The average Bonchev–Trinajstić information content (AvgIpc) is 2.69. The molecule has 0 aliphatic rings. The monoisotopic (exact) mass is 223 g/mol. The van der Waals surface area contributed by atoms with Gasteiger partial charge in [-0.2, -0.15) is 4.37 Å². The first-order valence-corrected chi connectivity index (χ1v) is 5.40. The maximum Gasteiger partial charge on any atom is 0.230 e. The summed E-state index contributed by atoms with van der Waals surface area (Å²) in [6.07, 6.45) is 1.78. The van der Waals surface area contributed by atoms with Gasteiger partial charge >= 0.3 is 0 Å². The number of aromatic nitrogens is 4. The van der Waals surface area contributed by atoms with Crippen LogP contribution in [0.25, 0.3) is 5.13 Å². The van der Waals surface area contributed by atoms with Crippen molar-refractivity contribution in [2.24, 2.45) is 0 Å². The minimum absolute atomic E-state index is 0.0343. The van der Waals surface area contributed by atoms with Gasteiger partial charge in [0.1, 0.15) is 11.6 Å². The molecule has 0 aliphatic heterocycles. The normalized spacial score (nSPS) is 11.9. The molecule has 2 aromatic heterocycles. The summed E-state index contributed by atoms with van der Waals surface area (Å²) in [5.41, 5.74) is 5.50. The van der Waals surface area contributed by atoms with E-state index >= 15 is 0 Å². The van der Waals surface area contributed by atoms with Gasteiger partial charge in [0.25, 0.3) is 0 Å². The lowest BCUT2D eigenvalue weighted by Gasteiger charge is -2.11. The summed E-state index contributed by atoms with van der Waals surface area (Å²) in [6.45, 7) is 6.24. The summed E-state index contributed by atoms with van der Waals surface area (Å²) in [5, 5.41) is 4.83. The van der Waals surface area contributed by atoms with Crippen molar-refractivity contribution in [3.63, 3.8) is 0 Å². The van der Waals surface area contributed by atoms with Crippen LogP contribution in [0.4, 0.5) is 5.82 Å². The van der Waals surface area contributed by atoms with Gasteiger partial charge in [-0.05, 0) is 0 Å². The fraction of sp³-hybridized carbons (Fsp3) is 0.444. The van der Waals surface area contributed by atoms with Gasteiger partial charge < -0.3 is 5.73 Å². The summed E-state index contributed by atoms with van der Waals surface area (Å²) >= 11 is 1.33. The van der Waals surface area contributed by atoms with Crippen LogP contribution in [-0.2, 0) is 5.41 Å². The van der Waals surface area contributed by atoms with Gasteiger partial charge in [0.15, 0.2) is 0 Å². The lowest BCUT2D eigenvalue weighted by molar-refractivity contribution is 0.553. The van der Waals surface area contributed by atoms with Gasteiger partial charge in [0, 0.05) is 29.2 Å². The van der Waals surface area contributed by atoms with Gasteiger partial charge in [0.05, 0.1) is 0 Å². The molecule has 0 amide bonds. The van der Waals surface area contributed by atoms with E-state index in [9.17, 15) is 0 Å². The highest BCUT2D eigenvalue weighted by molar-refractivity contribution is 7.08. The third-order valence-electron chi connectivity index (χ3n) is 1.89. The number of nitrogen functional groups attached to an aromatic ring is 1. The molecule has 80 valence electrons. The zero-order chi connectivity index (χ0) is 11.1. The summed E-state index contributed by atoms with van der Waals surface area (Å²) < 4.78 is 5.94. The van der Waals surface area contributed by atoms with Crippen molar-refractivity contribution in [3.8, 4) is 5.13 Å². The molecule has 0 unspecified atom stereocenters. The molecular formula is C9H13N5S. The molecule has 15 heavy (non-hydrogen) atoms. The quantitative estimate of drug-likeness (QED) is 0.797. The van der Waals surface area contributed by atoms with Crippen LogP contribution in [0.3, 0.4) is 0 Å². The Morgan fingerprint density at radius 1 is 1.40 bits per heavy atom. The molecule has 0 atom stereocenters. The number of anilines is 1. The third kappa shape index (κ3) is 1.99. The third-order valence-corrected chi connectivity index (χ3v) is 2.60. The van der Waals surface area contributed by atoms with E-state index in [2.05, 4.69) is 35.2 Å². The molecule has 0 aliphatic carbocycles. The Morgan fingerprint density at radius 2 is 2.13 bits per heavy atom. The molecule has 2 heterocycles. The first-order chi connectivity index (χ1) is 6.97. The van der Waals surface area contributed by atoms with Crippen molar-refractivity contribution in [2.45, 2.75) is 26.2 Å². The molecule has 2 aromatic rings. The van der Waals surface area contributed by atoms with Crippen molar-refractivity contribution in [2.75, 3.05) is 5.73 Å². The Balaban J connectivity index is 2.36. The fourth-order valence-electron chi connectivity index (χ4n) is 1.06. The highest BCUT2D eigenvalue weighted by Crippen LogP contribution is 2.22. The molecule has 0 aromatic carbocycles. The maximum atomic E-state index is 5.53. The summed E-state index contributed by atoms with van der Waals surface area (Å²) in [5.74, 6) is 1.32. The summed E-state index contributed by atoms with van der Waals surface area (Å²) in [7, 11) is 0. The molecule has 0 saturated carbocycles. The SMILES string of the molecule is CC(C)(C)c1nsc(-n2ccc(N)n2)n1. The van der Waals surface area contributed by atoms with Gasteiger partial charge in [-0.15, -0.1) is 5.10 Å². The Morgan fingerprint density at radius 3 is 2.60 bits per heavy atom. The van der Waals surface area contributed by atoms with E-state index in [1.165, 1.54) is 11.5 Å². The van der Waals surface area contributed by atoms with Gasteiger partial charge in [0.2, 0.25) is 5.13 Å². The number of nitrogens with two attached hydrogens (primary N) is 1. The molecule has 5 nitrogen and oxygen atoms in total. The van der Waals surface area contributed by atoms with E-state index in [-0.39, 0.29) is 5.41 Å². The Hall–Kier alpha value is -1.43. The smallest absolute Gasteiger partial charge is 0.230 e. The maximum absolute atomic E-state index is 5.53. The van der Waals surface area contributed by atoms with Crippen molar-refractivity contribution in [1.82, 2.24) is 19.1 Å². The largest absolute Gasteiger partial charge is 0.382 e. The minimum atomic E-state index is -0.0343. The van der Waals surface area contributed by atoms with Gasteiger partial charge in [-0.25, -0.2) is 9.67 Å². The van der Waals surface area contributed by atoms with E-state index in [0.717, 1.165) is 11.0 Å². The molecule has 0 bridgehead atoms. The van der Waals surface area contributed by atoms with Crippen molar-refractivity contribution in [1.29, 1.82) is 0 Å². The van der Waals surface area contributed by atoms with E-state index in [1.807, 2.05) is 0 Å². The van der Waals surface area contributed by atoms with E-state index in [1.54, 1.807) is 16.9 Å². The highest BCUT2D eigenvalue weighted by atomic mass is 32.1. The minimum Gasteiger partial charge on any atom is -0.382 e. The second kappa shape index (κ2) is 3.30. The lowest BCUT2D eigenvalue weighted by Crippen LogP contribution is -2.13. The van der Waals surface area contributed by atoms with Crippen LogP contribution in [0.5, 0.6) is 0 Å².